The molecule has 1 atom stereocenters. The predicted molar refractivity (Wildman–Crippen MR) is 80.7 cm³/mol. The maximum atomic E-state index is 13.1. The number of hydrogen-bond donors (Lipinski definition) is 2. The van der Waals surface area contributed by atoms with Crippen LogP contribution in [0.25, 0.3) is 0 Å². The molecule has 1 aliphatic heterocycles. The van der Waals surface area contributed by atoms with Crippen LogP contribution in [0.3, 0.4) is 0 Å². The van der Waals surface area contributed by atoms with Crippen molar-refractivity contribution in [3.8, 4) is 0 Å². The Bertz CT molecular complexity index is 351. The highest BCUT2D eigenvalue weighted by molar-refractivity contribution is 6.06. The maximum Gasteiger partial charge on any atom is 0.236 e. The summed E-state index contributed by atoms with van der Waals surface area (Å²) >= 11 is 0. The molecule has 116 valence electrons. The molecular weight excluding hydrogens is 254 g/mol. The molecule has 5 nitrogen and oxygen atoms in total. The molecule has 20 heavy (non-hydrogen) atoms. The third kappa shape index (κ3) is 3.07. The number of likely N-dealkylation sites (tertiary alicyclic amines) is 1. The molecule has 0 aromatic heterocycles. The fourth-order valence-corrected chi connectivity index (χ4v) is 3.26. The first-order valence-corrected chi connectivity index (χ1v) is 7.86. The van der Waals surface area contributed by atoms with E-state index in [2.05, 4.69) is 12.1 Å². The number of carbonyl (C=O) groups excluding carboxylic acids is 1. The molecule has 0 saturated carbocycles. The number of oxime groups is 1. The Hall–Kier alpha value is -1.26. The van der Waals surface area contributed by atoms with E-state index in [-0.39, 0.29) is 17.8 Å². The summed E-state index contributed by atoms with van der Waals surface area (Å²) < 4.78 is 0. The van der Waals surface area contributed by atoms with Crippen LogP contribution in [0, 0.1) is 5.41 Å². The summed E-state index contributed by atoms with van der Waals surface area (Å²) in [5, 5.41) is 12.2. The maximum absolute atomic E-state index is 13.1. The summed E-state index contributed by atoms with van der Waals surface area (Å²) in [4.78, 5) is 15.0. The summed E-state index contributed by atoms with van der Waals surface area (Å²) in [5.74, 6) is 0.0816. The van der Waals surface area contributed by atoms with Gasteiger partial charge < -0.3 is 15.8 Å². The Balaban J connectivity index is 3.09. The van der Waals surface area contributed by atoms with Gasteiger partial charge in [-0.15, -0.1) is 0 Å². The Morgan fingerprint density at radius 2 is 1.95 bits per heavy atom. The molecule has 0 aromatic rings. The fourth-order valence-electron chi connectivity index (χ4n) is 3.26. The van der Waals surface area contributed by atoms with Crippen LogP contribution < -0.4 is 5.73 Å². The van der Waals surface area contributed by atoms with Crippen molar-refractivity contribution in [2.75, 3.05) is 6.54 Å². The van der Waals surface area contributed by atoms with Crippen molar-refractivity contribution in [3.63, 3.8) is 0 Å². The van der Waals surface area contributed by atoms with Crippen LogP contribution in [0.15, 0.2) is 5.16 Å². The summed E-state index contributed by atoms with van der Waals surface area (Å²) in [5.41, 5.74) is 5.00. The summed E-state index contributed by atoms with van der Waals surface area (Å²) in [6.07, 6.45) is 6.54. The Morgan fingerprint density at radius 3 is 2.45 bits per heavy atom. The first kappa shape index (κ1) is 16.8. The third-order valence-corrected chi connectivity index (χ3v) is 4.82. The number of hydrogen-bond acceptors (Lipinski definition) is 3. The van der Waals surface area contributed by atoms with Crippen LogP contribution in [0.4, 0.5) is 0 Å². The molecule has 5 heteroatoms. The van der Waals surface area contributed by atoms with E-state index in [9.17, 15) is 4.79 Å². The van der Waals surface area contributed by atoms with Crippen molar-refractivity contribution in [1.82, 2.24) is 4.90 Å². The summed E-state index contributed by atoms with van der Waals surface area (Å²) in [6, 6.07) is 0.286. The van der Waals surface area contributed by atoms with Gasteiger partial charge in [0.1, 0.15) is 5.41 Å². The first-order chi connectivity index (χ1) is 9.57. The molecule has 0 spiro atoms. The summed E-state index contributed by atoms with van der Waals surface area (Å²) in [6.45, 7) is 6.77. The molecule has 0 aromatic carbocycles. The number of amidine groups is 1. The van der Waals surface area contributed by atoms with Crippen LogP contribution in [0.2, 0.25) is 0 Å². The SMILES string of the molecule is CCC1CCCCCN1C(=O)C(CC)(CC)C(N)=NO. The van der Waals surface area contributed by atoms with Crippen molar-refractivity contribution in [1.29, 1.82) is 0 Å². The van der Waals surface area contributed by atoms with Gasteiger partial charge in [0.25, 0.3) is 0 Å². The zero-order chi connectivity index (χ0) is 15.2. The first-order valence-electron chi connectivity index (χ1n) is 7.86. The van der Waals surface area contributed by atoms with E-state index in [1.807, 2.05) is 18.7 Å². The minimum absolute atomic E-state index is 0.0338. The van der Waals surface area contributed by atoms with E-state index in [0.29, 0.717) is 12.8 Å². The zero-order valence-electron chi connectivity index (χ0n) is 13.1. The largest absolute Gasteiger partial charge is 0.409 e. The molecule has 1 rings (SSSR count). The zero-order valence-corrected chi connectivity index (χ0v) is 13.1. The number of rotatable bonds is 5. The molecule has 1 amide bonds. The van der Waals surface area contributed by atoms with Gasteiger partial charge in [0.05, 0.1) is 0 Å². The highest BCUT2D eigenvalue weighted by atomic mass is 16.4. The minimum atomic E-state index is -0.855. The topological polar surface area (TPSA) is 78.9 Å². The monoisotopic (exact) mass is 283 g/mol. The van der Waals surface area contributed by atoms with Crippen molar-refractivity contribution in [3.05, 3.63) is 0 Å². The van der Waals surface area contributed by atoms with E-state index in [0.717, 1.165) is 25.8 Å². The smallest absolute Gasteiger partial charge is 0.236 e. The molecule has 1 aliphatic rings. The second kappa shape index (κ2) is 7.50. The van der Waals surface area contributed by atoms with E-state index in [4.69, 9.17) is 10.9 Å². The lowest BCUT2D eigenvalue weighted by atomic mass is 9.79. The Kier molecular flexibility index (Phi) is 6.30. The van der Waals surface area contributed by atoms with Crippen molar-refractivity contribution in [2.24, 2.45) is 16.3 Å². The molecular formula is C15H29N3O2. The standard InChI is InChI=1S/C15H29N3O2/c1-4-12-10-8-7-9-11-18(12)14(19)15(5-2,6-3)13(16)17-20/h12,20H,4-11H2,1-3H3,(H2,16,17). The molecule has 1 unspecified atom stereocenters. The number of carbonyl (C=O) groups is 1. The Morgan fingerprint density at radius 1 is 1.30 bits per heavy atom. The van der Waals surface area contributed by atoms with Gasteiger partial charge in [-0.1, -0.05) is 38.8 Å². The van der Waals surface area contributed by atoms with Crippen molar-refractivity contribution < 1.29 is 10.0 Å². The lowest BCUT2D eigenvalue weighted by Gasteiger charge is -2.38. The molecule has 0 bridgehead atoms. The van der Waals surface area contributed by atoms with Crippen LogP contribution in [-0.4, -0.2) is 34.4 Å². The average Bonchev–Trinajstić information content (AvgIpc) is 2.73. The highest BCUT2D eigenvalue weighted by Gasteiger charge is 2.44. The molecule has 1 fully saturated rings. The quantitative estimate of drug-likeness (QED) is 0.352. The van der Waals surface area contributed by atoms with Crippen molar-refractivity contribution >= 4 is 11.7 Å². The van der Waals surface area contributed by atoms with Gasteiger partial charge in [0.15, 0.2) is 5.84 Å². The lowest BCUT2D eigenvalue weighted by molar-refractivity contribution is -0.141. The van der Waals surface area contributed by atoms with Gasteiger partial charge in [-0.25, -0.2) is 0 Å². The van der Waals surface area contributed by atoms with E-state index >= 15 is 0 Å². The van der Waals surface area contributed by atoms with Crippen LogP contribution in [0.5, 0.6) is 0 Å². The number of nitrogens with two attached hydrogens (primary N) is 1. The lowest BCUT2D eigenvalue weighted by Crippen LogP contribution is -2.53. The van der Waals surface area contributed by atoms with Gasteiger partial charge in [-0.3, -0.25) is 4.79 Å². The van der Waals surface area contributed by atoms with E-state index < -0.39 is 5.41 Å². The second-order valence-electron chi connectivity index (χ2n) is 5.68. The van der Waals surface area contributed by atoms with Crippen LogP contribution in [-0.2, 0) is 4.79 Å². The Labute approximate surface area is 122 Å². The second-order valence-corrected chi connectivity index (χ2v) is 5.68. The van der Waals surface area contributed by atoms with Gasteiger partial charge in [-0.2, -0.15) is 0 Å². The molecule has 1 heterocycles. The molecule has 3 N–H and O–H groups in total. The normalized spacial score (nSPS) is 21.6. The third-order valence-electron chi connectivity index (χ3n) is 4.82. The van der Waals surface area contributed by atoms with Gasteiger partial charge in [0, 0.05) is 12.6 Å². The highest BCUT2D eigenvalue weighted by Crippen LogP contribution is 2.32. The fraction of sp³-hybridized carbons (Fsp3) is 0.867. The minimum Gasteiger partial charge on any atom is -0.409 e. The number of amides is 1. The van der Waals surface area contributed by atoms with Gasteiger partial charge >= 0.3 is 0 Å². The predicted octanol–water partition coefficient (Wildman–Crippen LogP) is 2.72. The molecule has 0 aliphatic carbocycles. The van der Waals surface area contributed by atoms with Crippen molar-refractivity contribution in [2.45, 2.75) is 71.8 Å². The van der Waals surface area contributed by atoms with Crippen LogP contribution >= 0.6 is 0 Å². The van der Waals surface area contributed by atoms with Gasteiger partial charge in [0.2, 0.25) is 5.91 Å². The van der Waals surface area contributed by atoms with E-state index in [1.165, 1.54) is 12.8 Å². The van der Waals surface area contributed by atoms with E-state index in [1.54, 1.807) is 0 Å². The number of nitrogens with zero attached hydrogens (tertiary/aromatic N) is 2. The molecule has 1 saturated heterocycles. The molecule has 0 radical (unpaired) electrons. The van der Waals surface area contributed by atoms with Gasteiger partial charge in [-0.05, 0) is 32.1 Å². The summed E-state index contributed by atoms with van der Waals surface area (Å²) in [7, 11) is 0. The average molecular weight is 283 g/mol. The van der Waals surface area contributed by atoms with Crippen LogP contribution in [0.1, 0.15) is 65.7 Å².